The molecule has 0 rings (SSSR count). The Morgan fingerprint density at radius 2 is 1.56 bits per heavy atom. The Morgan fingerprint density at radius 3 is 1.56 bits per heavy atom. The van der Waals surface area contributed by atoms with Crippen LogP contribution in [0.3, 0.4) is 0 Å². The fraction of sp³-hybridized carbons (Fsp3) is 0.500. The van der Waals surface area contributed by atoms with Crippen molar-refractivity contribution in [2.75, 3.05) is 6.61 Å². The largest absolute Gasteiger partial charge is 2.00 e. The van der Waals surface area contributed by atoms with Gasteiger partial charge in [0.25, 0.3) is 6.08 Å². The van der Waals surface area contributed by atoms with Gasteiger partial charge in [0.15, 0.2) is 0 Å². The first kappa shape index (κ1) is 22.7. The first-order valence-electron chi connectivity index (χ1n) is 1.75. The molecule has 0 aliphatic heterocycles. The summed E-state index contributed by atoms with van der Waals surface area (Å²) in [6.07, 6.45) is -1.83. The Morgan fingerprint density at radius 1 is 1.56 bits per heavy atom. The van der Waals surface area contributed by atoms with E-state index in [0.717, 1.165) is 0 Å². The van der Waals surface area contributed by atoms with Crippen molar-refractivity contribution in [3.05, 3.63) is 12.7 Å². The number of aliphatic hydroxyl groups is 1. The average molecular weight is 219 g/mol. The van der Waals surface area contributed by atoms with Crippen LogP contribution in [0.4, 0.5) is 8.78 Å². The van der Waals surface area contributed by atoms with Crippen LogP contribution in [0.2, 0.25) is 0 Å². The Labute approximate surface area is 72.0 Å². The quantitative estimate of drug-likeness (QED) is 0.636. The zero-order valence-corrected chi connectivity index (χ0v) is 7.58. The van der Waals surface area contributed by atoms with Crippen molar-refractivity contribution in [1.29, 1.82) is 0 Å². The monoisotopic (exact) mass is 218 g/mol. The van der Waals surface area contributed by atoms with Gasteiger partial charge < -0.3 is 10.6 Å². The van der Waals surface area contributed by atoms with E-state index in [1.165, 1.54) is 0 Å². The van der Waals surface area contributed by atoms with Gasteiger partial charge in [0.05, 0.1) is 0 Å². The summed E-state index contributed by atoms with van der Waals surface area (Å²) in [4.78, 5) is 0. The van der Waals surface area contributed by atoms with Crippen LogP contribution in [0.1, 0.15) is 6.92 Å². The minimum absolute atomic E-state index is 0. The third-order valence-corrected chi connectivity index (χ3v) is 0. The molecule has 0 spiro atoms. The van der Waals surface area contributed by atoms with E-state index in [0.29, 0.717) is 0 Å². The maximum absolute atomic E-state index is 10.1. The standard InChI is InChI=1S/C2H2F2.C2H6O.H2O.Zr/c1-2(3)4;1-2-3;;/h1H2;3H,2H2,1H3;1H2;/q;;;+2. The summed E-state index contributed by atoms with van der Waals surface area (Å²) >= 11 is 0. The van der Waals surface area contributed by atoms with Gasteiger partial charge in [0.2, 0.25) is 0 Å². The van der Waals surface area contributed by atoms with Crippen molar-refractivity contribution in [3.63, 3.8) is 0 Å². The van der Waals surface area contributed by atoms with Gasteiger partial charge in [-0.15, -0.1) is 0 Å². The zero-order chi connectivity index (χ0) is 6.28. The van der Waals surface area contributed by atoms with Crippen LogP contribution in [0.25, 0.3) is 0 Å². The summed E-state index contributed by atoms with van der Waals surface area (Å²) in [5.74, 6) is 0. The van der Waals surface area contributed by atoms with Gasteiger partial charge in [0.1, 0.15) is 0 Å². The van der Waals surface area contributed by atoms with Gasteiger partial charge >= 0.3 is 26.2 Å². The van der Waals surface area contributed by atoms with Crippen molar-refractivity contribution in [3.8, 4) is 0 Å². The molecule has 3 N–H and O–H groups in total. The Bertz CT molecular complexity index is 47.8. The Kier molecular flexibility index (Phi) is 60.0. The van der Waals surface area contributed by atoms with Crippen LogP contribution >= 0.6 is 0 Å². The molecule has 0 aliphatic carbocycles. The summed E-state index contributed by atoms with van der Waals surface area (Å²) < 4.78 is 20.3. The van der Waals surface area contributed by atoms with E-state index in [4.69, 9.17) is 5.11 Å². The summed E-state index contributed by atoms with van der Waals surface area (Å²) in [6.45, 7) is 4.15. The van der Waals surface area contributed by atoms with Gasteiger partial charge in [0, 0.05) is 6.61 Å². The molecule has 0 radical (unpaired) electrons. The molecule has 0 unspecified atom stereocenters. The summed E-state index contributed by atoms with van der Waals surface area (Å²) in [6, 6.07) is 0. The van der Waals surface area contributed by atoms with Crippen LogP contribution in [-0.2, 0) is 26.2 Å². The number of rotatable bonds is 0. The van der Waals surface area contributed by atoms with Crippen LogP contribution in [0.5, 0.6) is 0 Å². The van der Waals surface area contributed by atoms with E-state index in [9.17, 15) is 8.78 Å². The van der Waals surface area contributed by atoms with E-state index >= 15 is 0 Å². The first-order valence-corrected chi connectivity index (χ1v) is 1.75. The van der Waals surface area contributed by atoms with Crippen molar-refractivity contribution in [2.24, 2.45) is 0 Å². The van der Waals surface area contributed by atoms with Crippen molar-refractivity contribution < 1.29 is 45.6 Å². The van der Waals surface area contributed by atoms with E-state index in [-0.39, 0.29) is 38.3 Å². The molecule has 0 saturated heterocycles. The Balaban J connectivity index is -0.0000000233. The fourth-order valence-corrected chi connectivity index (χ4v) is 0. The van der Waals surface area contributed by atoms with Crippen LogP contribution in [0, 0.1) is 0 Å². The van der Waals surface area contributed by atoms with Crippen molar-refractivity contribution in [2.45, 2.75) is 6.92 Å². The number of hydrogen-bond acceptors (Lipinski definition) is 1. The molecule has 0 saturated carbocycles. The normalized spacial score (nSPS) is 4.89. The maximum atomic E-state index is 10.1. The van der Waals surface area contributed by atoms with Gasteiger partial charge in [-0.25, -0.2) is 0 Å². The molecule has 0 aromatic rings. The molecule has 0 heterocycles. The molecule has 54 valence electrons. The van der Waals surface area contributed by atoms with E-state index in [1.807, 2.05) is 0 Å². The Hall–Kier alpha value is 0.403. The topological polar surface area (TPSA) is 51.7 Å². The molecule has 0 aliphatic rings. The molecule has 5 heteroatoms. The minimum atomic E-state index is -1.83. The van der Waals surface area contributed by atoms with E-state index in [2.05, 4.69) is 6.58 Å². The number of aliphatic hydroxyl groups excluding tert-OH is 1. The maximum Gasteiger partial charge on any atom is 2.00 e. The number of hydrogen-bond donors (Lipinski definition) is 1. The summed E-state index contributed by atoms with van der Waals surface area (Å²) in [7, 11) is 0. The second-order valence-corrected chi connectivity index (χ2v) is 0.655. The minimum Gasteiger partial charge on any atom is -0.412 e. The zero-order valence-electron chi connectivity index (χ0n) is 5.12. The van der Waals surface area contributed by atoms with E-state index < -0.39 is 6.08 Å². The van der Waals surface area contributed by atoms with Crippen LogP contribution < -0.4 is 0 Å². The summed E-state index contributed by atoms with van der Waals surface area (Å²) in [5, 5.41) is 7.57. The molecule has 9 heavy (non-hydrogen) atoms. The SMILES string of the molecule is C=C(F)F.CCO.O.[Zr+2]. The molecule has 0 fully saturated rings. The van der Waals surface area contributed by atoms with E-state index in [1.54, 1.807) is 6.92 Å². The molecule has 0 bridgehead atoms. The van der Waals surface area contributed by atoms with Gasteiger partial charge in [-0.05, 0) is 13.5 Å². The molecule has 2 nitrogen and oxygen atoms in total. The fourth-order valence-electron chi connectivity index (χ4n) is 0. The van der Waals surface area contributed by atoms with Gasteiger partial charge in [-0.2, -0.15) is 8.78 Å². The van der Waals surface area contributed by atoms with Gasteiger partial charge in [-0.1, -0.05) is 0 Å². The van der Waals surface area contributed by atoms with Crippen LogP contribution in [0.15, 0.2) is 12.7 Å². The van der Waals surface area contributed by atoms with Crippen molar-refractivity contribution >= 4 is 0 Å². The second kappa shape index (κ2) is 23.8. The predicted octanol–water partition coefficient (Wildman–Crippen LogP) is 0.568. The summed E-state index contributed by atoms with van der Waals surface area (Å²) in [5.41, 5.74) is 0. The predicted molar refractivity (Wildman–Crippen MR) is 27.7 cm³/mol. The average Bonchev–Trinajstić information content (AvgIpc) is 1.33. The molecule has 0 aromatic heterocycles. The first-order chi connectivity index (χ1) is 3.15. The molecule has 0 amide bonds. The van der Waals surface area contributed by atoms with Crippen LogP contribution in [-0.4, -0.2) is 17.2 Å². The number of halogens is 2. The van der Waals surface area contributed by atoms with Gasteiger partial charge in [-0.3, -0.25) is 0 Å². The van der Waals surface area contributed by atoms with Crippen molar-refractivity contribution in [1.82, 2.24) is 0 Å². The molecule has 0 atom stereocenters. The smallest absolute Gasteiger partial charge is 0.412 e. The second-order valence-electron chi connectivity index (χ2n) is 0.655. The molecular formula is C4H10F2O2Zr+2. The third kappa shape index (κ3) is 2120. The molecular weight excluding hydrogens is 209 g/mol. The molecule has 0 aromatic carbocycles. The third-order valence-electron chi connectivity index (χ3n) is 0.